The van der Waals surface area contributed by atoms with E-state index < -0.39 is 0 Å². The summed E-state index contributed by atoms with van der Waals surface area (Å²) in [5, 5.41) is 0. The Hall–Kier alpha value is -2.69. The predicted molar refractivity (Wildman–Crippen MR) is 78.5 cm³/mol. The highest BCUT2D eigenvalue weighted by atomic mass is 16.1. The van der Waals surface area contributed by atoms with E-state index in [4.69, 9.17) is 0 Å². The summed E-state index contributed by atoms with van der Waals surface area (Å²) >= 11 is 0. The maximum absolute atomic E-state index is 12.2. The fraction of sp³-hybridized carbons (Fsp3) is 0.133. The lowest BCUT2D eigenvalue weighted by molar-refractivity contribution is 0.999. The Morgan fingerprint density at radius 1 is 1.15 bits per heavy atom. The van der Waals surface area contributed by atoms with Gasteiger partial charge in [0.2, 0.25) is 0 Å². The van der Waals surface area contributed by atoms with Crippen molar-refractivity contribution in [3.8, 4) is 0 Å². The number of pyridine rings is 2. The number of hydrogen-bond donors (Lipinski definition) is 0. The number of hydrogen-bond acceptors (Lipinski definition) is 4. The molecule has 3 rings (SSSR count). The molecule has 0 amide bonds. The third-order valence-corrected chi connectivity index (χ3v) is 3.13. The van der Waals surface area contributed by atoms with Gasteiger partial charge < -0.3 is 4.90 Å². The van der Waals surface area contributed by atoms with Crippen LogP contribution in [0.4, 0.5) is 11.6 Å². The van der Waals surface area contributed by atoms with Gasteiger partial charge in [0.25, 0.3) is 5.56 Å². The Morgan fingerprint density at radius 2 is 2.00 bits per heavy atom. The second kappa shape index (κ2) is 4.77. The minimum Gasteiger partial charge on any atom is -0.314 e. The van der Waals surface area contributed by atoms with Crippen molar-refractivity contribution in [2.75, 3.05) is 11.9 Å². The molecular formula is C15H14N4O. The summed E-state index contributed by atoms with van der Waals surface area (Å²) in [6, 6.07) is 10.9. The first-order chi connectivity index (χ1) is 9.65. The van der Waals surface area contributed by atoms with Crippen LogP contribution < -0.4 is 10.5 Å². The number of nitrogens with zero attached hydrogens (tertiary/aromatic N) is 4. The van der Waals surface area contributed by atoms with Crippen LogP contribution in [0.3, 0.4) is 0 Å². The van der Waals surface area contributed by atoms with E-state index in [0.29, 0.717) is 11.5 Å². The van der Waals surface area contributed by atoms with E-state index in [1.807, 2.05) is 44.3 Å². The zero-order chi connectivity index (χ0) is 14.1. The fourth-order valence-electron chi connectivity index (χ4n) is 2.04. The number of aryl methyl sites for hydroxylation is 1. The molecule has 0 aliphatic carbocycles. The van der Waals surface area contributed by atoms with E-state index in [-0.39, 0.29) is 5.56 Å². The van der Waals surface area contributed by atoms with Crippen LogP contribution in [-0.2, 0) is 0 Å². The molecule has 0 fully saturated rings. The summed E-state index contributed by atoms with van der Waals surface area (Å²) in [7, 11) is 1.84. The van der Waals surface area contributed by atoms with Gasteiger partial charge in [-0.1, -0.05) is 12.1 Å². The van der Waals surface area contributed by atoms with Crippen LogP contribution in [0.1, 0.15) is 5.56 Å². The first-order valence-corrected chi connectivity index (χ1v) is 6.30. The average Bonchev–Trinajstić information content (AvgIpc) is 2.48. The third kappa shape index (κ3) is 2.14. The Bertz CT molecular complexity index is 811. The Kier molecular flexibility index (Phi) is 2.95. The van der Waals surface area contributed by atoms with Gasteiger partial charge in [0.05, 0.1) is 0 Å². The van der Waals surface area contributed by atoms with Crippen molar-refractivity contribution in [1.82, 2.24) is 14.4 Å². The molecule has 0 saturated heterocycles. The Morgan fingerprint density at radius 3 is 2.75 bits per heavy atom. The molecule has 3 heterocycles. The molecule has 0 spiro atoms. The zero-order valence-corrected chi connectivity index (χ0v) is 11.3. The van der Waals surface area contributed by atoms with Crippen molar-refractivity contribution >= 4 is 17.3 Å². The summed E-state index contributed by atoms with van der Waals surface area (Å²) in [5.41, 5.74) is 1.55. The summed E-state index contributed by atoms with van der Waals surface area (Å²) < 4.78 is 1.55. The SMILES string of the molecule is Cc1ccc2nc(N(C)c3ccccn3)cc(=O)n2c1. The quantitative estimate of drug-likeness (QED) is 0.713. The first kappa shape index (κ1) is 12.3. The summed E-state index contributed by atoms with van der Waals surface area (Å²) in [5.74, 6) is 1.33. The molecule has 0 unspecified atom stereocenters. The van der Waals surface area contributed by atoms with Gasteiger partial charge in [-0.3, -0.25) is 9.20 Å². The van der Waals surface area contributed by atoms with Crippen molar-refractivity contribution in [2.45, 2.75) is 6.92 Å². The number of rotatable bonds is 2. The van der Waals surface area contributed by atoms with Crippen molar-refractivity contribution in [2.24, 2.45) is 0 Å². The maximum atomic E-state index is 12.2. The maximum Gasteiger partial charge on any atom is 0.259 e. The molecule has 0 radical (unpaired) electrons. The van der Waals surface area contributed by atoms with Gasteiger partial charge in [-0.2, -0.15) is 0 Å². The predicted octanol–water partition coefficient (Wildman–Crippen LogP) is 2.17. The number of fused-ring (bicyclic) bond motifs is 1. The van der Waals surface area contributed by atoms with E-state index in [1.54, 1.807) is 21.7 Å². The van der Waals surface area contributed by atoms with E-state index in [2.05, 4.69) is 9.97 Å². The van der Waals surface area contributed by atoms with Crippen molar-refractivity contribution < 1.29 is 0 Å². The lowest BCUT2D eigenvalue weighted by Gasteiger charge is -2.17. The average molecular weight is 266 g/mol. The van der Waals surface area contributed by atoms with Crippen LogP contribution in [0.15, 0.2) is 53.6 Å². The van der Waals surface area contributed by atoms with Gasteiger partial charge in [-0.25, -0.2) is 9.97 Å². The van der Waals surface area contributed by atoms with Crippen molar-refractivity contribution in [3.63, 3.8) is 0 Å². The molecule has 0 bridgehead atoms. The highest BCUT2D eigenvalue weighted by molar-refractivity contribution is 5.57. The molecule has 0 atom stereocenters. The van der Waals surface area contributed by atoms with E-state index in [0.717, 1.165) is 11.4 Å². The number of aromatic nitrogens is 3. The second-order valence-electron chi connectivity index (χ2n) is 4.63. The molecule has 0 saturated carbocycles. The zero-order valence-electron chi connectivity index (χ0n) is 11.3. The minimum atomic E-state index is -0.100. The van der Waals surface area contributed by atoms with Crippen LogP contribution in [0.25, 0.3) is 5.65 Å². The van der Waals surface area contributed by atoms with Gasteiger partial charge in [0, 0.05) is 25.5 Å². The smallest absolute Gasteiger partial charge is 0.259 e. The largest absolute Gasteiger partial charge is 0.314 e. The third-order valence-electron chi connectivity index (χ3n) is 3.13. The summed E-state index contributed by atoms with van der Waals surface area (Å²) in [4.78, 5) is 22.7. The Balaban J connectivity index is 2.14. The first-order valence-electron chi connectivity index (χ1n) is 6.30. The van der Waals surface area contributed by atoms with Gasteiger partial charge in [0.1, 0.15) is 17.3 Å². The van der Waals surface area contributed by atoms with Gasteiger partial charge in [0.15, 0.2) is 0 Å². The molecule has 100 valence electrons. The Labute approximate surface area is 116 Å². The number of anilines is 2. The molecular weight excluding hydrogens is 252 g/mol. The van der Waals surface area contributed by atoms with Crippen LogP contribution in [-0.4, -0.2) is 21.4 Å². The van der Waals surface area contributed by atoms with Gasteiger partial charge in [-0.05, 0) is 30.7 Å². The molecule has 5 nitrogen and oxygen atoms in total. The topological polar surface area (TPSA) is 50.5 Å². The van der Waals surface area contributed by atoms with Crippen LogP contribution in [0.2, 0.25) is 0 Å². The van der Waals surface area contributed by atoms with E-state index >= 15 is 0 Å². The van der Waals surface area contributed by atoms with Crippen molar-refractivity contribution in [3.05, 3.63) is 64.7 Å². The van der Waals surface area contributed by atoms with Crippen LogP contribution in [0.5, 0.6) is 0 Å². The molecule has 0 aliphatic heterocycles. The molecule has 20 heavy (non-hydrogen) atoms. The molecule has 0 aromatic carbocycles. The molecule has 5 heteroatoms. The highest BCUT2D eigenvalue weighted by Gasteiger charge is 2.09. The highest BCUT2D eigenvalue weighted by Crippen LogP contribution is 2.17. The lowest BCUT2D eigenvalue weighted by Crippen LogP contribution is -2.20. The summed E-state index contributed by atoms with van der Waals surface area (Å²) in [6.45, 7) is 1.94. The van der Waals surface area contributed by atoms with Crippen LogP contribution in [0, 0.1) is 6.92 Å². The van der Waals surface area contributed by atoms with E-state index in [9.17, 15) is 4.79 Å². The molecule has 3 aromatic heterocycles. The van der Waals surface area contributed by atoms with Gasteiger partial charge >= 0.3 is 0 Å². The molecule has 3 aromatic rings. The summed E-state index contributed by atoms with van der Waals surface area (Å²) in [6.07, 6.45) is 3.50. The molecule has 0 aliphatic rings. The monoisotopic (exact) mass is 266 g/mol. The normalized spacial score (nSPS) is 10.7. The fourth-order valence-corrected chi connectivity index (χ4v) is 2.04. The van der Waals surface area contributed by atoms with Gasteiger partial charge in [-0.15, -0.1) is 0 Å². The molecule has 0 N–H and O–H groups in total. The standard InChI is InChI=1S/C15H14N4O/c1-11-6-7-13-17-14(9-15(20)19(13)10-11)18(2)12-5-3-4-8-16-12/h3-10H,1-2H3. The second-order valence-corrected chi connectivity index (χ2v) is 4.63. The lowest BCUT2D eigenvalue weighted by atomic mass is 10.3. The van der Waals surface area contributed by atoms with Crippen LogP contribution >= 0.6 is 0 Å². The van der Waals surface area contributed by atoms with E-state index in [1.165, 1.54) is 6.07 Å². The minimum absolute atomic E-state index is 0.100. The van der Waals surface area contributed by atoms with Crippen molar-refractivity contribution in [1.29, 1.82) is 0 Å².